The van der Waals surface area contributed by atoms with Crippen molar-refractivity contribution in [1.82, 2.24) is 29.5 Å². The van der Waals surface area contributed by atoms with E-state index < -0.39 is 0 Å². The van der Waals surface area contributed by atoms with Crippen LogP contribution >= 0.6 is 0 Å². The van der Waals surface area contributed by atoms with E-state index in [0.29, 0.717) is 36.7 Å². The summed E-state index contributed by atoms with van der Waals surface area (Å²) in [5.74, 6) is 0.433. The van der Waals surface area contributed by atoms with Gasteiger partial charge in [0.1, 0.15) is 24.0 Å². The first kappa shape index (κ1) is 22.6. The summed E-state index contributed by atoms with van der Waals surface area (Å²) in [6.07, 6.45) is 8.55. The van der Waals surface area contributed by atoms with Crippen molar-refractivity contribution in [2.45, 2.75) is 38.3 Å². The summed E-state index contributed by atoms with van der Waals surface area (Å²) in [6.45, 7) is 1.49. The molecule has 6 rings (SSSR count). The number of nitrogens with zero attached hydrogens (tertiary/aromatic N) is 6. The van der Waals surface area contributed by atoms with Crippen molar-refractivity contribution in [3.8, 4) is 0 Å². The maximum Gasteiger partial charge on any atom is 0.167 e. The fourth-order valence-corrected chi connectivity index (χ4v) is 4.70. The maximum absolute atomic E-state index is 13.6. The van der Waals surface area contributed by atoms with Gasteiger partial charge in [0.25, 0.3) is 0 Å². The fourth-order valence-electron chi connectivity index (χ4n) is 4.70. The Morgan fingerprint density at radius 1 is 1.14 bits per heavy atom. The second-order valence-corrected chi connectivity index (χ2v) is 9.07. The van der Waals surface area contributed by atoms with Crippen LogP contribution in [-0.2, 0) is 22.6 Å². The summed E-state index contributed by atoms with van der Waals surface area (Å²) in [6, 6.07) is 10.6. The topological polar surface area (TPSA) is 94.0 Å². The van der Waals surface area contributed by atoms with Crippen LogP contribution in [0.25, 0.3) is 22.2 Å². The zero-order valence-corrected chi connectivity index (χ0v) is 19.8. The third-order valence-corrected chi connectivity index (χ3v) is 6.43. The molecule has 2 atom stereocenters. The Bertz CT molecular complexity index is 1500. The van der Waals surface area contributed by atoms with E-state index in [0.717, 1.165) is 35.0 Å². The van der Waals surface area contributed by atoms with Crippen LogP contribution in [0.2, 0.25) is 0 Å². The predicted molar refractivity (Wildman–Crippen MR) is 133 cm³/mol. The molecule has 4 aromatic heterocycles. The van der Waals surface area contributed by atoms with Gasteiger partial charge in [-0.15, -0.1) is 0 Å². The van der Waals surface area contributed by atoms with Gasteiger partial charge in [0.2, 0.25) is 0 Å². The molecule has 1 aliphatic heterocycles. The number of benzene rings is 1. The van der Waals surface area contributed by atoms with Crippen molar-refractivity contribution in [1.29, 1.82) is 0 Å². The Kier molecular flexibility index (Phi) is 6.04. The monoisotopic (exact) mass is 487 g/mol. The molecule has 5 heterocycles. The van der Waals surface area contributed by atoms with E-state index in [1.54, 1.807) is 12.4 Å². The van der Waals surface area contributed by atoms with E-state index in [9.17, 15) is 4.39 Å². The molecule has 0 radical (unpaired) electrons. The number of hydrogen-bond donors (Lipinski definition) is 1. The van der Waals surface area contributed by atoms with Crippen LogP contribution in [0.1, 0.15) is 30.2 Å². The first-order valence-electron chi connectivity index (χ1n) is 11.9. The molecule has 1 fully saturated rings. The second-order valence-electron chi connectivity index (χ2n) is 9.07. The molecule has 0 spiro atoms. The molecule has 0 saturated carbocycles. The quantitative estimate of drug-likeness (QED) is 0.347. The highest BCUT2D eigenvalue weighted by atomic mass is 19.1. The number of imidazole rings is 1. The van der Waals surface area contributed by atoms with Gasteiger partial charge in [-0.2, -0.15) is 0 Å². The molecule has 5 aromatic rings. The van der Waals surface area contributed by atoms with E-state index in [1.165, 1.54) is 18.5 Å². The summed E-state index contributed by atoms with van der Waals surface area (Å²) in [5.41, 5.74) is 4.16. The molecule has 0 amide bonds. The average Bonchev–Trinajstić information content (AvgIpc) is 3.63. The molecule has 0 unspecified atom stereocenters. The van der Waals surface area contributed by atoms with Crippen molar-refractivity contribution in [3.63, 3.8) is 0 Å². The van der Waals surface area contributed by atoms with Gasteiger partial charge in [-0.25, -0.2) is 24.3 Å². The number of hydrogen-bond acceptors (Lipinski definition) is 7. The van der Waals surface area contributed by atoms with Gasteiger partial charge in [0.15, 0.2) is 17.0 Å². The molecular weight excluding hydrogens is 461 g/mol. The minimum Gasteiger partial charge on any atom is -0.374 e. The molecule has 10 heteroatoms. The van der Waals surface area contributed by atoms with E-state index in [2.05, 4.69) is 31.0 Å². The van der Waals surface area contributed by atoms with Crippen LogP contribution in [-0.4, -0.2) is 49.2 Å². The summed E-state index contributed by atoms with van der Waals surface area (Å²) in [4.78, 5) is 23.0. The average molecular weight is 488 g/mol. The number of pyridine rings is 1. The van der Waals surface area contributed by atoms with Crippen molar-refractivity contribution in [2.24, 2.45) is 0 Å². The summed E-state index contributed by atoms with van der Waals surface area (Å²) in [5, 5.41) is 1.07. The molecule has 1 N–H and O–H groups in total. The fraction of sp³-hybridized carbons (Fsp3) is 0.308. The van der Waals surface area contributed by atoms with Crippen molar-refractivity contribution in [3.05, 3.63) is 78.4 Å². The van der Waals surface area contributed by atoms with Crippen LogP contribution < -0.4 is 4.90 Å². The Morgan fingerprint density at radius 2 is 2.08 bits per heavy atom. The Morgan fingerprint density at radius 3 is 3.00 bits per heavy atom. The lowest BCUT2D eigenvalue weighted by atomic mass is 10.2. The van der Waals surface area contributed by atoms with E-state index in [1.807, 2.05) is 41.0 Å². The minimum absolute atomic E-state index is 0.00615. The van der Waals surface area contributed by atoms with Gasteiger partial charge < -0.3 is 19.4 Å². The summed E-state index contributed by atoms with van der Waals surface area (Å²) >= 11 is 0. The van der Waals surface area contributed by atoms with E-state index >= 15 is 0 Å². The molecule has 0 bridgehead atoms. The molecule has 0 aliphatic carbocycles. The van der Waals surface area contributed by atoms with Crippen molar-refractivity contribution < 1.29 is 13.9 Å². The normalized spacial score (nSPS) is 17.8. The van der Waals surface area contributed by atoms with Crippen LogP contribution in [0.4, 0.5) is 10.2 Å². The SMILES string of the molecule is CN(Cc1cccc(F)c1)c1ncnc2c1ncn2[C@H]1CC[C@@H](COCc2cnc3[nH]ccc3c2)O1. The Labute approximate surface area is 206 Å². The first-order chi connectivity index (χ1) is 17.6. The number of aromatic amines is 1. The highest BCUT2D eigenvalue weighted by molar-refractivity contribution is 5.83. The molecule has 1 aliphatic rings. The predicted octanol–water partition coefficient (Wildman–Crippen LogP) is 4.37. The third-order valence-electron chi connectivity index (χ3n) is 6.43. The van der Waals surface area contributed by atoms with Crippen molar-refractivity contribution in [2.75, 3.05) is 18.6 Å². The van der Waals surface area contributed by atoms with Gasteiger partial charge in [-0.3, -0.25) is 4.57 Å². The Balaban J connectivity index is 1.10. The van der Waals surface area contributed by atoms with Crippen LogP contribution in [0.15, 0.2) is 61.4 Å². The number of anilines is 1. The van der Waals surface area contributed by atoms with E-state index in [-0.39, 0.29) is 18.1 Å². The Hall–Kier alpha value is -3.89. The highest BCUT2D eigenvalue weighted by Crippen LogP contribution is 2.32. The molecule has 36 heavy (non-hydrogen) atoms. The smallest absolute Gasteiger partial charge is 0.167 e. The lowest BCUT2D eigenvalue weighted by Gasteiger charge is -2.19. The van der Waals surface area contributed by atoms with E-state index in [4.69, 9.17) is 9.47 Å². The number of halogens is 1. The van der Waals surface area contributed by atoms with Gasteiger partial charge in [-0.1, -0.05) is 12.1 Å². The molecule has 1 aromatic carbocycles. The van der Waals surface area contributed by atoms with Crippen LogP contribution in [0.3, 0.4) is 0 Å². The number of nitrogens with one attached hydrogen (secondary N) is 1. The number of rotatable bonds is 8. The molecule has 1 saturated heterocycles. The zero-order valence-electron chi connectivity index (χ0n) is 19.8. The largest absolute Gasteiger partial charge is 0.374 e. The standard InChI is InChI=1S/C26H26FN7O2/c1-33(12-17-3-2-4-20(27)10-17)25-23-26(31-15-30-25)34(16-32-23)22-6-5-21(36-22)14-35-13-18-9-19-7-8-28-24(19)29-11-18/h2-4,7-11,15-16,21-22H,5-6,12-14H2,1H3,(H,28,29)/t21-,22+/m0/s1. The number of aromatic nitrogens is 6. The van der Waals surface area contributed by atoms with Crippen molar-refractivity contribution >= 4 is 28.0 Å². The molecular formula is C26H26FN7O2. The van der Waals surface area contributed by atoms with Gasteiger partial charge >= 0.3 is 0 Å². The molecule has 184 valence electrons. The lowest BCUT2D eigenvalue weighted by molar-refractivity contribution is -0.0433. The first-order valence-corrected chi connectivity index (χ1v) is 11.9. The van der Waals surface area contributed by atoms with Gasteiger partial charge in [0, 0.05) is 31.4 Å². The van der Waals surface area contributed by atoms with Gasteiger partial charge in [-0.05, 0) is 48.2 Å². The van der Waals surface area contributed by atoms with Gasteiger partial charge in [0.05, 0.1) is 25.6 Å². The summed E-state index contributed by atoms with van der Waals surface area (Å²) < 4.78 is 27.8. The zero-order chi connectivity index (χ0) is 24.5. The highest BCUT2D eigenvalue weighted by Gasteiger charge is 2.29. The third kappa shape index (κ3) is 4.52. The van der Waals surface area contributed by atoms with Crippen LogP contribution in [0.5, 0.6) is 0 Å². The summed E-state index contributed by atoms with van der Waals surface area (Å²) in [7, 11) is 1.91. The number of ether oxygens (including phenoxy) is 2. The maximum atomic E-state index is 13.6. The lowest BCUT2D eigenvalue weighted by Crippen LogP contribution is -2.19. The number of H-pyrrole nitrogens is 1. The molecule has 9 nitrogen and oxygen atoms in total. The second kappa shape index (κ2) is 9.63. The number of fused-ring (bicyclic) bond motifs is 2. The van der Waals surface area contributed by atoms with Crippen LogP contribution in [0, 0.1) is 5.82 Å². The minimum atomic E-state index is -0.256.